The van der Waals surface area contributed by atoms with E-state index >= 15 is 0 Å². The molecule has 3 atom stereocenters. The van der Waals surface area contributed by atoms with Crippen LogP contribution < -0.4 is 0 Å². The molecule has 0 saturated heterocycles. The van der Waals surface area contributed by atoms with Crippen molar-refractivity contribution in [1.29, 1.82) is 0 Å². The van der Waals surface area contributed by atoms with Crippen molar-refractivity contribution in [3.63, 3.8) is 0 Å². The van der Waals surface area contributed by atoms with Crippen LogP contribution in [0.25, 0.3) is 0 Å². The van der Waals surface area contributed by atoms with Crippen LogP contribution in [0.5, 0.6) is 0 Å². The fourth-order valence-corrected chi connectivity index (χ4v) is 4.87. The number of carbonyl (C=O) groups is 2. The molecule has 0 aromatic carbocycles. The van der Waals surface area contributed by atoms with Gasteiger partial charge in [-0.25, -0.2) is 4.57 Å². The number of aliphatic hydroxyl groups excluding tert-OH is 2. The minimum absolute atomic E-state index is 0.172. The van der Waals surface area contributed by atoms with E-state index < -0.39 is 51.8 Å². The van der Waals surface area contributed by atoms with Gasteiger partial charge in [0.15, 0.2) is 6.10 Å². The van der Waals surface area contributed by atoms with Crippen LogP contribution in [0.1, 0.15) is 123 Å². The fourth-order valence-electron chi connectivity index (χ4n) is 4.08. The van der Waals surface area contributed by atoms with Crippen LogP contribution in [0.15, 0.2) is 48.6 Å². The lowest BCUT2D eigenvalue weighted by Crippen LogP contribution is -2.29. The second kappa shape index (κ2) is 31.5. The van der Waals surface area contributed by atoms with Crippen LogP contribution in [0.2, 0.25) is 0 Å². The normalized spacial score (nSPS) is 14.8. The van der Waals surface area contributed by atoms with Crippen LogP contribution in [0.4, 0.5) is 0 Å². The van der Waals surface area contributed by atoms with Crippen molar-refractivity contribution in [2.45, 2.75) is 135 Å². The number of phosphoric ester groups is 1. The lowest BCUT2D eigenvalue weighted by atomic mass is 10.1. The van der Waals surface area contributed by atoms with Gasteiger partial charge >= 0.3 is 19.8 Å². The lowest BCUT2D eigenvalue weighted by molar-refractivity contribution is -0.161. The van der Waals surface area contributed by atoms with Crippen molar-refractivity contribution < 1.29 is 47.8 Å². The van der Waals surface area contributed by atoms with Gasteiger partial charge in [-0.15, -0.1) is 0 Å². The maximum atomic E-state index is 12.4. The zero-order valence-electron chi connectivity index (χ0n) is 28.3. The third kappa shape index (κ3) is 30.6. The first-order valence-corrected chi connectivity index (χ1v) is 18.6. The van der Waals surface area contributed by atoms with E-state index in [1.165, 1.54) is 25.7 Å². The molecule has 3 unspecified atom stereocenters. The summed E-state index contributed by atoms with van der Waals surface area (Å²) in [5.41, 5.74) is 0. The molecule has 10 nitrogen and oxygen atoms in total. The second-order valence-electron chi connectivity index (χ2n) is 11.2. The molecule has 0 heterocycles. The van der Waals surface area contributed by atoms with E-state index in [0.717, 1.165) is 57.8 Å². The van der Waals surface area contributed by atoms with Gasteiger partial charge in [0, 0.05) is 12.8 Å². The Morgan fingerprint density at radius 3 is 1.78 bits per heavy atom. The summed E-state index contributed by atoms with van der Waals surface area (Å²) in [5.74, 6) is -0.981. The number of rotatable bonds is 31. The standard InChI is InChI=1S/C35H61O10P/c1-3-5-7-8-9-10-11-12-13-14-15-16-17-18-19-20-21-22-23-24-25-27-35(39)45-33(30-42-34(38)26-6-4-2)31-44-46(40,41)43-29-32(37)28-36/h5,7,9-10,12-13,15-16,32-33,36-37H,3-4,6,8,11,14,17-31H2,1-2H3,(H,40,41)/b7-5-,10-9-,13-12-,16-15-. The molecule has 0 bridgehead atoms. The number of aliphatic hydroxyl groups is 2. The van der Waals surface area contributed by atoms with Crippen molar-refractivity contribution in [3.8, 4) is 0 Å². The van der Waals surface area contributed by atoms with E-state index in [1.54, 1.807) is 0 Å². The van der Waals surface area contributed by atoms with Crippen LogP contribution in [-0.2, 0) is 32.7 Å². The summed E-state index contributed by atoms with van der Waals surface area (Å²) in [7, 11) is -4.59. The Hall–Kier alpha value is -2.07. The highest BCUT2D eigenvalue weighted by molar-refractivity contribution is 7.47. The van der Waals surface area contributed by atoms with Crippen LogP contribution in [-0.4, -0.2) is 65.7 Å². The summed E-state index contributed by atoms with van der Waals surface area (Å²) < 4.78 is 32.0. The maximum absolute atomic E-state index is 12.4. The Balaban J connectivity index is 4.09. The molecule has 0 aliphatic carbocycles. The molecule has 0 amide bonds. The molecule has 0 spiro atoms. The molecule has 0 rings (SSSR count). The number of ether oxygens (including phenoxy) is 2. The molecule has 0 aliphatic rings. The molecule has 0 radical (unpaired) electrons. The topological polar surface area (TPSA) is 149 Å². The van der Waals surface area contributed by atoms with Crippen LogP contribution in [0.3, 0.4) is 0 Å². The first kappa shape index (κ1) is 43.9. The van der Waals surface area contributed by atoms with Gasteiger partial charge in [-0.3, -0.25) is 18.6 Å². The minimum atomic E-state index is -4.59. The van der Waals surface area contributed by atoms with E-state index in [9.17, 15) is 24.2 Å². The summed E-state index contributed by atoms with van der Waals surface area (Å²) in [4.78, 5) is 34.1. The summed E-state index contributed by atoms with van der Waals surface area (Å²) in [6, 6.07) is 0. The van der Waals surface area contributed by atoms with Crippen molar-refractivity contribution in [1.82, 2.24) is 0 Å². The Labute approximate surface area is 277 Å². The predicted octanol–water partition coefficient (Wildman–Crippen LogP) is 7.82. The van der Waals surface area contributed by atoms with E-state index in [1.807, 2.05) is 6.92 Å². The zero-order valence-corrected chi connectivity index (χ0v) is 29.2. The summed E-state index contributed by atoms with van der Waals surface area (Å²) in [5, 5.41) is 18.1. The highest BCUT2D eigenvalue weighted by Crippen LogP contribution is 2.43. The molecule has 11 heteroatoms. The first-order valence-electron chi connectivity index (χ1n) is 17.1. The van der Waals surface area contributed by atoms with E-state index in [2.05, 4.69) is 60.1 Å². The Kier molecular flexibility index (Phi) is 30.1. The largest absolute Gasteiger partial charge is 0.472 e. The lowest BCUT2D eigenvalue weighted by Gasteiger charge is -2.20. The molecular formula is C35H61O10P. The van der Waals surface area contributed by atoms with Gasteiger partial charge in [-0.2, -0.15) is 0 Å². The highest BCUT2D eigenvalue weighted by atomic mass is 31.2. The average Bonchev–Trinajstić information content (AvgIpc) is 3.04. The van der Waals surface area contributed by atoms with Gasteiger partial charge in [0.25, 0.3) is 0 Å². The van der Waals surface area contributed by atoms with E-state index in [4.69, 9.17) is 19.1 Å². The maximum Gasteiger partial charge on any atom is 0.472 e. The number of hydrogen-bond acceptors (Lipinski definition) is 9. The summed E-state index contributed by atoms with van der Waals surface area (Å²) in [6.07, 6.45) is 30.7. The van der Waals surface area contributed by atoms with Crippen LogP contribution in [0, 0.1) is 0 Å². The minimum Gasteiger partial charge on any atom is -0.462 e. The summed E-state index contributed by atoms with van der Waals surface area (Å²) in [6.45, 7) is 1.94. The van der Waals surface area contributed by atoms with Crippen molar-refractivity contribution in [2.24, 2.45) is 0 Å². The molecule has 0 saturated carbocycles. The third-order valence-electron chi connectivity index (χ3n) is 6.75. The van der Waals surface area contributed by atoms with Crippen LogP contribution >= 0.6 is 7.82 Å². The monoisotopic (exact) mass is 672 g/mol. The Bertz CT molecular complexity index is 915. The third-order valence-corrected chi connectivity index (χ3v) is 7.70. The van der Waals surface area contributed by atoms with Crippen molar-refractivity contribution >= 4 is 19.8 Å². The number of esters is 2. The SMILES string of the molecule is CC/C=C\C/C=C\C/C=C\C/C=C\CCCCCCCCCCC(=O)OC(COC(=O)CCCC)COP(=O)(O)OCC(O)CO. The molecular weight excluding hydrogens is 611 g/mol. The quantitative estimate of drug-likeness (QED) is 0.0288. The van der Waals surface area contributed by atoms with Gasteiger partial charge in [0.2, 0.25) is 0 Å². The summed E-state index contributed by atoms with van der Waals surface area (Å²) >= 11 is 0. The van der Waals surface area contributed by atoms with E-state index in [0.29, 0.717) is 12.8 Å². The highest BCUT2D eigenvalue weighted by Gasteiger charge is 2.27. The average molecular weight is 673 g/mol. The van der Waals surface area contributed by atoms with Gasteiger partial charge in [0.1, 0.15) is 12.7 Å². The molecule has 0 aromatic rings. The number of phosphoric acid groups is 1. The molecule has 266 valence electrons. The second-order valence-corrected chi connectivity index (χ2v) is 12.6. The number of hydrogen-bond donors (Lipinski definition) is 3. The molecule has 0 aromatic heterocycles. The fraction of sp³-hybridized carbons (Fsp3) is 0.714. The first-order chi connectivity index (χ1) is 22.2. The van der Waals surface area contributed by atoms with Gasteiger partial charge in [-0.1, -0.05) is 107 Å². The molecule has 46 heavy (non-hydrogen) atoms. The Morgan fingerprint density at radius 2 is 1.20 bits per heavy atom. The van der Waals surface area contributed by atoms with Gasteiger partial charge < -0.3 is 24.6 Å². The van der Waals surface area contributed by atoms with Crippen molar-refractivity contribution in [2.75, 3.05) is 26.4 Å². The molecule has 0 aliphatic heterocycles. The number of allylic oxidation sites excluding steroid dienone is 8. The van der Waals surface area contributed by atoms with Crippen molar-refractivity contribution in [3.05, 3.63) is 48.6 Å². The number of unbranched alkanes of at least 4 members (excludes halogenated alkanes) is 9. The van der Waals surface area contributed by atoms with Gasteiger partial charge in [0.05, 0.1) is 19.8 Å². The molecule has 0 fully saturated rings. The number of carbonyl (C=O) groups excluding carboxylic acids is 2. The van der Waals surface area contributed by atoms with E-state index in [-0.39, 0.29) is 19.4 Å². The zero-order chi connectivity index (χ0) is 34.1. The smallest absolute Gasteiger partial charge is 0.462 e. The van der Waals surface area contributed by atoms with Gasteiger partial charge in [-0.05, 0) is 51.4 Å². The Morgan fingerprint density at radius 1 is 0.674 bits per heavy atom. The molecule has 3 N–H and O–H groups in total. The predicted molar refractivity (Wildman–Crippen MR) is 182 cm³/mol.